The summed E-state index contributed by atoms with van der Waals surface area (Å²) in [6.07, 6.45) is 6.11. The fraction of sp³-hybridized carbons (Fsp3) is 0.533. The highest BCUT2D eigenvalue weighted by Crippen LogP contribution is 2.44. The van der Waals surface area contributed by atoms with Gasteiger partial charge in [-0.2, -0.15) is 0 Å². The van der Waals surface area contributed by atoms with Gasteiger partial charge in [-0.15, -0.1) is 0 Å². The molecule has 1 atom stereocenters. The van der Waals surface area contributed by atoms with Crippen LogP contribution in [0.2, 0.25) is 0 Å². The zero-order valence-electron chi connectivity index (χ0n) is 11.8. The maximum atomic E-state index is 12.0. The number of carbonyl (C=O) groups excluding carboxylic acids is 2. The average molecular weight is 277 g/mol. The first-order valence-corrected chi connectivity index (χ1v) is 6.68. The molecular weight excluding hydrogens is 258 g/mol. The van der Waals surface area contributed by atoms with Gasteiger partial charge in [0.2, 0.25) is 0 Å². The van der Waals surface area contributed by atoms with Gasteiger partial charge in [0.1, 0.15) is 0 Å². The fourth-order valence-electron chi connectivity index (χ4n) is 3.02. The van der Waals surface area contributed by atoms with Gasteiger partial charge in [0.25, 0.3) is 0 Å². The third-order valence-electron chi connectivity index (χ3n) is 4.02. The predicted molar refractivity (Wildman–Crippen MR) is 71.7 cm³/mol. The minimum atomic E-state index is -1.13. The second-order valence-corrected chi connectivity index (χ2v) is 5.24. The molecule has 1 saturated carbocycles. The Morgan fingerprint density at radius 3 is 2.60 bits per heavy atom. The Bertz CT molecular complexity index is 470. The van der Waals surface area contributed by atoms with E-state index in [9.17, 15) is 9.59 Å². The standard InChI is InChI=1S/C15H19NO4/c1-19-13(17)15(14(18)20-2)6-5-11(9-15)8-12-4-3-7-16-10-12/h3-4,7,10-11H,5-6,8-9H2,1-2H3. The number of pyridine rings is 1. The van der Waals surface area contributed by atoms with Crippen LogP contribution in [0.15, 0.2) is 24.5 Å². The molecule has 1 fully saturated rings. The topological polar surface area (TPSA) is 65.5 Å². The van der Waals surface area contributed by atoms with E-state index in [1.54, 1.807) is 6.20 Å². The van der Waals surface area contributed by atoms with Crippen molar-refractivity contribution in [3.8, 4) is 0 Å². The molecule has 0 saturated heterocycles. The summed E-state index contributed by atoms with van der Waals surface area (Å²) in [7, 11) is 2.61. The summed E-state index contributed by atoms with van der Waals surface area (Å²) in [4.78, 5) is 28.1. The highest BCUT2D eigenvalue weighted by atomic mass is 16.5. The summed E-state index contributed by atoms with van der Waals surface area (Å²) in [6, 6.07) is 3.89. The molecule has 0 bridgehead atoms. The fourth-order valence-corrected chi connectivity index (χ4v) is 3.02. The molecule has 20 heavy (non-hydrogen) atoms. The van der Waals surface area contributed by atoms with Gasteiger partial charge in [-0.25, -0.2) is 0 Å². The Kier molecular flexibility index (Phi) is 4.37. The summed E-state index contributed by atoms with van der Waals surface area (Å²) < 4.78 is 9.61. The summed E-state index contributed by atoms with van der Waals surface area (Å²) >= 11 is 0. The third kappa shape index (κ3) is 2.66. The predicted octanol–water partition coefficient (Wildman–Crippen LogP) is 1.76. The minimum absolute atomic E-state index is 0.261. The van der Waals surface area contributed by atoms with Crippen LogP contribution in [0.4, 0.5) is 0 Å². The summed E-state index contributed by atoms with van der Waals surface area (Å²) in [5.74, 6) is -0.714. The van der Waals surface area contributed by atoms with Crippen LogP contribution in [0.3, 0.4) is 0 Å². The molecule has 0 aromatic carbocycles. The third-order valence-corrected chi connectivity index (χ3v) is 4.02. The first kappa shape index (κ1) is 14.5. The number of carbonyl (C=O) groups is 2. The van der Waals surface area contributed by atoms with Gasteiger partial charge in [-0.3, -0.25) is 14.6 Å². The van der Waals surface area contributed by atoms with Crippen molar-refractivity contribution in [2.75, 3.05) is 14.2 Å². The smallest absolute Gasteiger partial charge is 0.323 e. The Hall–Kier alpha value is -1.91. The van der Waals surface area contributed by atoms with Crippen molar-refractivity contribution in [2.24, 2.45) is 11.3 Å². The highest BCUT2D eigenvalue weighted by Gasteiger charge is 2.53. The Morgan fingerprint density at radius 1 is 1.35 bits per heavy atom. The van der Waals surface area contributed by atoms with Gasteiger partial charge in [-0.05, 0) is 43.2 Å². The molecule has 1 unspecified atom stereocenters. The Labute approximate surface area is 118 Å². The normalized spacial score (nSPS) is 20.4. The van der Waals surface area contributed by atoms with Gasteiger partial charge in [0.15, 0.2) is 5.41 Å². The Balaban J connectivity index is 2.11. The molecule has 0 aliphatic heterocycles. The summed E-state index contributed by atoms with van der Waals surface area (Å²) in [5.41, 5.74) is -0.0147. The van der Waals surface area contributed by atoms with Gasteiger partial charge in [0, 0.05) is 12.4 Å². The molecule has 5 nitrogen and oxygen atoms in total. The molecule has 108 valence electrons. The monoisotopic (exact) mass is 277 g/mol. The largest absolute Gasteiger partial charge is 0.468 e. The van der Waals surface area contributed by atoms with E-state index in [2.05, 4.69) is 4.98 Å². The summed E-state index contributed by atoms with van der Waals surface area (Å²) in [5, 5.41) is 0. The van der Waals surface area contributed by atoms with Crippen LogP contribution in [0.1, 0.15) is 24.8 Å². The average Bonchev–Trinajstić information content (AvgIpc) is 2.91. The summed E-state index contributed by atoms with van der Waals surface area (Å²) in [6.45, 7) is 0. The van der Waals surface area contributed by atoms with E-state index in [0.29, 0.717) is 12.8 Å². The molecule has 5 heteroatoms. The van der Waals surface area contributed by atoms with E-state index >= 15 is 0 Å². The molecule has 1 heterocycles. The van der Waals surface area contributed by atoms with Crippen LogP contribution < -0.4 is 0 Å². The van der Waals surface area contributed by atoms with Crippen LogP contribution in [-0.4, -0.2) is 31.1 Å². The molecule has 1 aromatic rings. The lowest BCUT2D eigenvalue weighted by molar-refractivity contribution is -0.168. The van der Waals surface area contributed by atoms with Crippen molar-refractivity contribution in [3.63, 3.8) is 0 Å². The van der Waals surface area contributed by atoms with Crippen molar-refractivity contribution in [1.82, 2.24) is 4.98 Å². The van der Waals surface area contributed by atoms with E-state index in [-0.39, 0.29) is 5.92 Å². The molecule has 0 spiro atoms. The SMILES string of the molecule is COC(=O)C1(C(=O)OC)CCC(Cc2cccnc2)C1. The number of aromatic nitrogens is 1. The second-order valence-electron chi connectivity index (χ2n) is 5.24. The van der Waals surface area contributed by atoms with Gasteiger partial charge in [-0.1, -0.05) is 6.07 Å². The van der Waals surface area contributed by atoms with Crippen LogP contribution in [-0.2, 0) is 25.5 Å². The zero-order chi connectivity index (χ0) is 14.6. The minimum Gasteiger partial charge on any atom is -0.468 e. The first-order valence-electron chi connectivity index (χ1n) is 6.68. The molecule has 0 N–H and O–H groups in total. The van der Waals surface area contributed by atoms with E-state index in [4.69, 9.17) is 9.47 Å². The maximum absolute atomic E-state index is 12.0. The highest BCUT2D eigenvalue weighted by molar-refractivity contribution is 6.00. The van der Waals surface area contributed by atoms with Gasteiger partial charge in [0.05, 0.1) is 14.2 Å². The number of esters is 2. The molecule has 1 aliphatic rings. The lowest BCUT2D eigenvalue weighted by Crippen LogP contribution is -2.39. The van der Waals surface area contributed by atoms with Crippen molar-refractivity contribution >= 4 is 11.9 Å². The van der Waals surface area contributed by atoms with Crippen molar-refractivity contribution in [1.29, 1.82) is 0 Å². The Morgan fingerprint density at radius 2 is 2.05 bits per heavy atom. The number of hydrogen-bond acceptors (Lipinski definition) is 5. The van der Waals surface area contributed by atoms with Crippen LogP contribution in [0.25, 0.3) is 0 Å². The van der Waals surface area contributed by atoms with Crippen LogP contribution in [0.5, 0.6) is 0 Å². The molecule has 1 aliphatic carbocycles. The zero-order valence-corrected chi connectivity index (χ0v) is 11.8. The quantitative estimate of drug-likeness (QED) is 0.619. The van der Waals surface area contributed by atoms with E-state index in [1.165, 1.54) is 14.2 Å². The molecule has 0 amide bonds. The second kappa shape index (κ2) is 6.03. The van der Waals surface area contributed by atoms with E-state index in [0.717, 1.165) is 18.4 Å². The van der Waals surface area contributed by atoms with Gasteiger partial charge >= 0.3 is 11.9 Å². The number of nitrogens with zero attached hydrogens (tertiary/aromatic N) is 1. The first-order chi connectivity index (χ1) is 9.62. The number of rotatable bonds is 4. The van der Waals surface area contributed by atoms with Gasteiger partial charge < -0.3 is 9.47 Å². The van der Waals surface area contributed by atoms with Crippen molar-refractivity contribution < 1.29 is 19.1 Å². The van der Waals surface area contributed by atoms with Crippen LogP contribution >= 0.6 is 0 Å². The number of ether oxygens (including phenoxy) is 2. The lowest BCUT2D eigenvalue weighted by Gasteiger charge is -2.23. The lowest BCUT2D eigenvalue weighted by atomic mass is 9.84. The molecule has 1 aromatic heterocycles. The molecule has 0 radical (unpaired) electrons. The van der Waals surface area contributed by atoms with Crippen LogP contribution in [0, 0.1) is 11.3 Å². The van der Waals surface area contributed by atoms with Crippen molar-refractivity contribution in [2.45, 2.75) is 25.7 Å². The number of hydrogen-bond donors (Lipinski definition) is 0. The number of methoxy groups -OCH3 is 2. The maximum Gasteiger partial charge on any atom is 0.323 e. The van der Waals surface area contributed by atoms with E-state index < -0.39 is 17.4 Å². The van der Waals surface area contributed by atoms with Crippen molar-refractivity contribution in [3.05, 3.63) is 30.1 Å². The van der Waals surface area contributed by atoms with E-state index in [1.807, 2.05) is 18.3 Å². The molecule has 2 rings (SSSR count). The molecular formula is C15H19NO4.